The van der Waals surface area contributed by atoms with Gasteiger partial charge in [-0.15, -0.1) is 0 Å². The molecular weight excluding hydrogens is 346 g/mol. The third-order valence-corrected chi connectivity index (χ3v) is 5.02. The van der Waals surface area contributed by atoms with Gasteiger partial charge in [0.2, 0.25) is 5.76 Å². The zero-order valence-corrected chi connectivity index (χ0v) is 16.6. The van der Waals surface area contributed by atoms with Gasteiger partial charge in [0, 0.05) is 32.0 Å². The number of nitrogens with zero attached hydrogens (tertiary/aromatic N) is 4. The second-order valence-corrected chi connectivity index (χ2v) is 7.63. The minimum atomic E-state index is -0.237. The van der Waals surface area contributed by atoms with Gasteiger partial charge in [-0.05, 0) is 32.1 Å². The van der Waals surface area contributed by atoms with Crippen molar-refractivity contribution in [3.8, 4) is 0 Å². The van der Waals surface area contributed by atoms with Crippen LogP contribution in [0, 0.1) is 12.8 Å². The molecule has 3 heterocycles. The van der Waals surface area contributed by atoms with Crippen LogP contribution in [-0.2, 0) is 25.9 Å². The van der Waals surface area contributed by atoms with E-state index in [9.17, 15) is 9.59 Å². The molecule has 0 spiro atoms. The Balaban J connectivity index is 1.64. The first kappa shape index (κ1) is 19.4. The fourth-order valence-corrected chi connectivity index (χ4v) is 3.36. The molecular formula is C19H29N5O3. The fraction of sp³-hybridized carbons (Fsp3) is 0.684. The summed E-state index contributed by atoms with van der Waals surface area (Å²) in [5, 5.41) is 7.54. The Labute approximate surface area is 159 Å². The molecule has 0 bridgehead atoms. The molecule has 1 aliphatic rings. The van der Waals surface area contributed by atoms with E-state index in [0.717, 1.165) is 18.7 Å². The summed E-state index contributed by atoms with van der Waals surface area (Å²) in [6.07, 6.45) is 3.71. The average molecular weight is 375 g/mol. The number of hydrogen-bond acceptors (Lipinski definition) is 5. The Morgan fingerprint density at radius 3 is 2.81 bits per heavy atom. The van der Waals surface area contributed by atoms with Crippen molar-refractivity contribution >= 4 is 5.91 Å². The molecule has 1 atom stereocenters. The number of carbonyl (C=O) groups is 1. The van der Waals surface area contributed by atoms with Crippen LogP contribution in [0.15, 0.2) is 9.21 Å². The Morgan fingerprint density at radius 1 is 1.37 bits per heavy atom. The van der Waals surface area contributed by atoms with E-state index in [1.54, 1.807) is 16.2 Å². The minimum Gasteiger partial charge on any atom is -0.435 e. The molecule has 1 N–H and O–H groups in total. The van der Waals surface area contributed by atoms with Gasteiger partial charge in [-0.1, -0.05) is 20.8 Å². The van der Waals surface area contributed by atoms with Gasteiger partial charge in [-0.25, -0.2) is 14.5 Å². The first-order valence-electron chi connectivity index (χ1n) is 9.82. The lowest BCUT2D eigenvalue weighted by Gasteiger charge is -2.15. The van der Waals surface area contributed by atoms with E-state index in [0.29, 0.717) is 49.9 Å². The number of oxazole rings is 1. The van der Waals surface area contributed by atoms with Crippen molar-refractivity contribution in [1.29, 1.82) is 0 Å². The summed E-state index contributed by atoms with van der Waals surface area (Å²) >= 11 is 0. The Hall–Kier alpha value is -2.38. The molecule has 0 radical (unpaired) electrons. The summed E-state index contributed by atoms with van der Waals surface area (Å²) < 4.78 is 8.87. The molecule has 8 heteroatoms. The number of nitrogens with one attached hydrogen (secondary N) is 1. The Bertz CT molecular complexity index is 861. The molecule has 0 aromatic carbocycles. The van der Waals surface area contributed by atoms with Crippen molar-refractivity contribution in [2.75, 3.05) is 0 Å². The zero-order chi connectivity index (χ0) is 19.6. The smallest absolute Gasteiger partial charge is 0.345 e. The van der Waals surface area contributed by atoms with Gasteiger partial charge in [-0.2, -0.15) is 5.10 Å². The van der Waals surface area contributed by atoms with Crippen LogP contribution in [-0.4, -0.2) is 31.3 Å². The quantitative estimate of drug-likeness (QED) is 0.834. The molecule has 27 heavy (non-hydrogen) atoms. The third kappa shape index (κ3) is 4.31. The first-order chi connectivity index (χ1) is 12.9. The fourth-order valence-electron chi connectivity index (χ4n) is 3.36. The van der Waals surface area contributed by atoms with Crippen molar-refractivity contribution in [1.82, 2.24) is 24.6 Å². The molecule has 1 aliphatic heterocycles. The summed E-state index contributed by atoms with van der Waals surface area (Å²) in [4.78, 5) is 29.3. The van der Waals surface area contributed by atoms with E-state index in [1.165, 1.54) is 0 Å². The molecule has 3 rings (SSSR count). The standard InChI is InChI=1S/C19H29N5O3/c1-5-16-20-13(4)17(27-16)18(25)21-14-6-7-15-22-24(11-8-12(2)3)19(26)23(15)10-9-14/h12,14H,5-11H2,1-4H3,(H,21,25). The largest absolute Gasteiger partial charge is 0.435 e. The first-order valence-corrected chi connectivity index (χ1v) is 9.82. The number of fused-ring (bicyclic) bond motifs is 1. The maximum atomic E-state index is 12.6. The SMILES string of the molecule is CCc1nc(C)c(C(=O)NC2CCc3nn(CCC(C)C)c(=O)n3CC2)o1. The highest BCUT2D eigenvalue weighted by Gasteiger charge is 2.24. The highest BCUT2D eigenvalue weighted by molar-refractivity contribution is 5.92. The van der Waals surface area contributed by atoms with E-state index in [1.807, 2.05) is 6.92 Å². The van der Waals surface area contributed by atoms with Gasteiger partial charge < -0.3 is 9.73 Å². The molecule has 2 aromatic heterocycles. The predicted molar refractivity (Wildman–Crippen MR) is 101 cm³/mol. The van der Waals surface area contributed by atoms with Crippen molar-refractivity contribution < 1.29 is 9.21 Å². The van der Waals surface area contributed by atoms with Crippen molar-refractivity contribution in [3.63, 3.8) is 0 Å². The second kappa shape index (κ2) is 8.10. The highest BCUT2D eigenvalue weighted by atomic mass is 16.4. The summed E-state index contributed by atoms with van der Waals surface area (Å²) in [5.41, 5.74) is 0.565. The molecule has 0 fully saturated rings. The molecule has 2 aromatic rings. The lowest BCUT2D eigenvalue weighted by Crippen LogP contribution is -2.36. The van der Waals surface area contributed by atoms with Crippen LogP contribution < -0.4 is 11.0 Å². The number of amides is 1. The highest BCUT2D eigenvalue weighted by Crippen LogP contribution is 2.15. The van der Waals surface area contributed by atoms with E-state index < -0.39 is 0 Å². The van der Waals surface area contributed by atoms with Crippen LogP contribution in [0.4, 0.5) is 0 Å². The molecule has 0 saturated carbocycles. The maximum Gasteiger partial charge on any atom is 0.345 e. The van der Waals surface area contributed by atoms with E-state index in [2.05, 4.69) is 29.2 Å². The lowest BCUT2D eigenvalue weighted by atomic mass is 10.1. The number of hydrogen-bond donors (Lipinski definition) is 1. The van der Waals surface area contributed by atoms with Gasteiger partial charge in [0.25, 0.3) is 5.91 Å². The number of aromatic nitrogens is 4. The molecule has 1 unspecified atom stereocenters. The van der Waals surface area contributed by atoms with Crippen molar-refractivity contribution in [2.24, 2.45) is 5.92 Å². The van der Waals surface area contributed by atoms with E-state index >= 15 is 0 Å². The van der Waals surface area contributed by atoms with Crippen LogP contribution in [0.1, 0.15) is 68.0 Å². The monoisotopic (exact) mass is 375 g/mol. The third-order valence-electron chi connectivity index (χ3n) is 5.02. The molecule has 148 valence electrons. The van der Waals surface area contributed by atoms with Crippen LogP contribution in [0.3, 0.4) is 0 Å². The van der Waals surface area contributed by atoms with E-state index in [4.69, 9.17) is 4.42 Å². The van der Waals surface area contributed by atoms with Gasteiger partial charge in [-0.3, -0.25) is 9.36 Å². The van der Waals surface area contributed by atoms with Crippen LogP contribution in [0.25, 0.3) is 0 Å². The number of aryl methyl sites for hydroxylation is 4. The molecule has 0 saturated heterocycles. The van der Waals surface area contributed by atoms with Gasteiger partial charge in [0.1, 0.15) is 5.82 Å². The molecule has 0 aliphatic carbocycles. The van der Waals surface area contributed by atoms with Crippen LogP contribution >= 0.6 is 0 Å². The predicted octanol–water partition coefficient (Wildman–Crippen LogP) is 2.08. The average Bonchev–Trinajstić information content (AvgIpc) is 3.08. The molecule has 8 nitrogen and oxygen atoms in total. The van der Waals surface area contributed by atoms with Gasteiger partial charge in [0.05, 0.1) is 5.69 Å². The van der Waals surface area contributed by atoms with Crippen molar-refractivity contribution in [3.05, 3.63) is 33.7 Å². The van der Waals surface area contributed by atoms with Gasteiger partial charge in [0.15, 0.2) is 5.89 Å². The molecule has 1 amide bonds. The van der Waals surface area contributed by atoms with Gasteiger partial charge >= 0.3 is 5.69 Å². The lowest BCUT2D eigenvalue weighted by molar-refractivity contribution is 0.0902. The van der Waals surface area contributed by atoms with Crippen molar-refractivity contribution in [2.45, 2.75) is 78.9 Å². The summed E-state index contributed by atoms with van der Waals surface area (Å²) in [7, 11) is 0. The number of carbonyl (C=O) groups excluding carboxylic acids is 1. The minimum absolute atomic E-state index is 0.0164. The summed E-state index contributed by atoms with van der Waals surface area (Å²) in [5.74, 6) is 1.96. The van der Waals surface area contributed by atoms with E-state index in [-0.39, 0.29) is 23.4 Å². The Kier molecular flexibility index (Phi) is 5.82. The second-order valence-electron chi connectivity index (χ2n) is 7.63. The normalized spacial score (nSPS) is 17.0. The topological polar surface area (TPSA) is 95.0 Å². The maximum absolute atomic E-state index is 12.6. The number of rotatable bonds is 6. The van der Waals surface area contributed by atoms with Crippen LogP contribution in [0.5, 0.6) is 0 Å². The van der Waals surface area contributed by atoms with Crippen LogP contribution in [0.2, 0.25) is 0 Å². The zero-order valence-electron chi connectivity index (χ0n) is 16.6. The summed E-state index contributed by atoms with van der Waals surface area (Å²) in [6.45, 7) is 9.21. The Morgan fingerprint density at radius 2 is 2.15 bits per heavy atom. The summed E-state index contributed by atoms with van der Waals surface area (Å²) in [6, 6.07) is -0.0164.